The average Bonchev–Trinajstić information content (AvgIpc) is 2.13. The van der Waals surface area contributed by atoms with Crippen molar-refractivity contribution in [2.45, 2.75) is 13.3 Å². The van der Waals surface area contributed by atoms with Crippen molar-refractivity contribution in [3.05, 3.63) is 12.2 Å². The van der Waals surface area contributed by atoms with Gasteiger partial charge in [0.05, 0.1) is 18.9 Å². The van der Waals surface area contributed by atoms with Crippen LogP contribution in [-0.4, -0.2) is 34.7 Å². The van der Waals surface area contributed by atoms with E-state index in [2.05, 4.69) is 11.3 Å². The van der Waals surface area contributed by atoms with Crippen LogP contribution >= 0.6 is 0 Å². The first-order valence-electron chi connectivity index (χ1n) is 4.20. The Hall–Kier alpha value is -1.85. The van der Waals surface area contributed by atoms with E-state index in [9.17, 15) is 14.4 Å². The topological polar surface area (TPSA) is 101 Å². The number of hydrogen-bond acceptors (Lipinski definition) is 4. The van der Waals surface area contributed by atoms with Crippen molar-refractivity contribution >= 4 is 17.9 Å². The molecule has 0 fully saturated rings. The van der Waals surface area contributed by atoms with Gasteiger partial charge in [-0.15, -0.1) is 0 Å². The Bertz CT molecular complexity index is 293. The summed E-state index contributed by atoms with van der Waals surface area (Å²) in [6.07, 6.45) is -0.520. The van der Waals surface area contributed by atoms with Crippen LogP contribution in [-0.2, 0) is 19.1 Å². The smallest absolute Gasteiger partial charge is 0.331 e. The number of carboxylic acid groups (broad SMARTS) is 2. The third kappa shape index (κ3) is 4.26. The zero-order valence-corrected chi connectivity index (χ0v) is 8.23. The van der Waals surface area contributed by atoms with Crippen molar-refractivity contribution in [2.24, 2.45) is 5.92 Å². The second-order valence-electron chi connectivity index (χ2n) is 2.73. The van der Waals surface area contributed by atoms with Crippen molar-refractivity contribution in [1.29, 1.82) is 0 Å². The van der Waals surface area contributed by atoms with Crippen molar-refractivity contribution in [2.75, 3.05) is 6.61 Å². The summed E-state index contributed by atoms with van der Waals surface area (Å²) in [7, 11) is 0. The normalized spacial score (nSPS) is 11.5. The van der Waals surface area contributed by atoms with Gasteiger partial charge in [-0.1, -0.05) is 6.58 Å². The third-order valence-corrected chi connectivity index (χ3v) is 1.67. The standard InChI is InChI=1S/C9H12O6/c1-3-15-7(10)4-6(9(13)14)5(2)8(11)12/h6H,2-4H2,1H3,(H,11,12)(H,13,14). The van der Waals surface area contributed by atoms with E-state index in [1.54, 1.807) is 6.92 Å². The van der Waals surface area contributed by atoms with Crippen LogP contribution in [0.2, 0.25) is 0 Å². The lowest BCUT2D eigenvalue weighted by Gasteiger charge is -2.10. The van der Waals surface area contributed by atoms with Crippen molar-refractivity contribution in [3.63, 3.8) is 0 Å². The number of ether oxygens (including phenoxy) is 1. The number of rotatable bonds is 6. The second kappa shape index (κ2) is 5.79. The van der Waals surface area contributed by atoms with Gasteiger partial charge in [0.25, 0.3) is 0 Å². The van der Waals surface area contributed by atoms with E-state index < -0.39 is 35.8 Å². The molecule has 0 spiro atoms. The summed E-state index contributed by atoms with van der Waals surface area (Å²) < 4.78 is 4.52. The molecule has 0 bridgehead atoms. The molecule has 0 aliphatic rings. The van der Waals surface area contributed by atoms with E-state index in [0.29, 0.717) is 0 Å². The third-order valence-electron chi connectivity index (χ3n) is 1.67. The molecular weight excluding hydrogens is 204 g/mol. The van der Waals surface area contributed by atoms with Crippen molar-refractivity contribution in [3.8, 4) is 0 Å². The predicted molar refractivity (Wildman–Crippen MR) is 49.2 cm³/mol. The van der Waals surface area contributed by atoms with Crippen LogP contribution in [0, 0.1) is 5.92 Å². The molecule has 0 rings (SSSR count). The highest BCUT2D eigenvalue weighted by Crippen LogP contribution is 2.15. The Morgan fingerprint density at radius 1 is 1.33 bits per heavy atom. The maximum Gasteiger partial charge on any atom is 0.331 e. The number of carbonyl (C=O) groups is 3. The largest absolute Gasteiger partial charge is 0.481 e. The van der Waals surface area contributed by atoms with Crippen LogP contribution in [0.25, 0.3) is 0 Å². The van der Waals surface area contributed by atoms with Gasteiger partial charge in [-0.2, -0.15) is 0 Å². The van der Waals surface area contributed by atoms with Crippen molar-refractivity contribution < 1.29 is 29.3 Å². The molecule has 0 radical (unpaired) electrons. The molecule has 0 aromatic carbocycles. The van der Waals surface area contributed by atoms with Gasteiger partial charge in [0.1, 0.15) is 0 Å². The lowest BCUT2D eigenvalue weighted by atomic mass is 9.97. The van der Waals surface area contributed by atoms with Gasteiger partial charge in [0, 0.05) is 5.57 Å². The van der Waals surface area contributed by atoms with Crippen LogP contribution in [0.4, 0.5) is 0 Å². The molecule has 1 atom stereocenters. The van der Waals surface area contributed by atoms with Gasteiger partial charge in [-0.3, -0.25) is 9.59 Å². The Balaban J connectivity index is 4.55. The molecule has 2 N–H and O–H groups in total. The molecule has 6 heteroatoms. The van der Waals surface area contributed by atoms with Crippen LogP contribution in [0.3, 0.4) is 0 Å². The Morgan fingerprint density at radius 2 is 1.87 bits per heavy atom. The maximum atomic E-state index is 11.0. The molecule has 15 heavy (non-hydrogen) atoms. The second-order valence-corrected chi connectivity index (χ2v) is 2.73. The minimum Gasteiger partial charge on any atom is -0.481 e. The summed E-state index contributed by atoms with van der Waals surface area (Å²) in [5, 5.41) is 17.2. The predicted octanol–water partition coefficient (Wildman–Crippen LogP) is 0.281. The molecule has 84 valence electrons. The zero-order valence-electron chi connectivity index (χ0n) is 8.23. The Labute approximate surface area is 86.2 Å². The summed E-state index contributed by atoms with van der Waals surface area (Å²) in [4.78, 5) is 32.1. The SMILES string of the molecule is C=C(C(=O)O)C(CC(=O)OCC)C(=O)O. The van der Waals surface area contributed by atoms with Crippen LogP contribution in [0.1, 0.15) is 13.3 Å². The molecule has 0 aromatic rings. The van der Waals surface area contributed by atoms with E-state index in [0.717, 1.165) is 0 Å². The van der Waals surface area contributed by atoms with E-state index in [4.69, 9.17) is 10.2 Å². The summed E-state index contributed by atoms with van der Waals surface area (Å²) >= 11 is 0. The van der Waals surface area contributed by atoms with Gasteiger partial charge in [-0.25, -0.2) is 4.79 Å². The molecule has 0 aliphatic carbocycles. The number of carbonyl (C=O) groups excluding carboxylic acids is 1. The number of carboxylic acids is 2. The molecular formula is C9H12O6. The molecule has 0 saturated carbocycles. The number of esters is 1. The van der Waals surface area contributed by atoms with E-state index in [1.807, 2.05) is 0 Å². The van der Waals surface area contributed by atoms with Crippen LogP contribution < -0.4 is 0 Å². The maximum absolute atomic E-state index is 11.0. The highest BCUT2D eigenvalue weighted by Gasteiger charge is 2.28. The van der Waals surface area contributed by atoms with Gasteiger partial charge >= 0.3 is 17.9 Å². The quantitative estimate of drug-likeness (QED) is 0.488. The van der Waals surface area contributed by atoms with E-state index in [-0.39, 0.29) is 6.61 Å². The molecule has 0 aliphatic heterocycles. The van der Waals surface area contributed by atoms with E-state index in [1.165, 1.54) is 0 Å². The van der Waals surface area contributed by atoms with Gasteiger partial charge < -0.3 is 14.9 Å². The molecule has 0 amide bonds. The summed E-state index contributed by atoms with van der Waals surface area (Å²) in [6, 6.07) is 0. The van der Waals surface area contributed by atoms with Crippen LogP contribution in [0.5, 0.6) is 0 Å². The highest BCUT2D eigenvalue weighted by molar-refractivity contribution is 5.95. The molecule has 6 nitrogen and oxygen atoms in total. The van der Waals surface area contributed by atoms with Gasteiger partial charge in [0.2, 0.25) is 0 Å². The summed E-state index contributed by atoms with van der Waals surface area (Å²) in [5.41, 5.74) is -0.532. The lowest BCUT2D eigenvalue weighted by Crippen LogP contribution is -2.24. The molecule has 0 heterocycles. The minimum atomic E-state index is -1.44. The lowest BCUT2D eigenvalue weighted by molar-refractivity contribution is -0.151. The van der Waals surface area contributed by atoms with Gasteiger partial charge in [-0.05, 0) is 6.92 Å². The molecule has 1 unspecified atom stereocenters. The minimum absolute atomic E-state index is 0.116. The van der Waals surface area contributed by atoms with Crippen LogP contribution in [0.15, 0.2) is 12.2 Å². The Morgan fingerprint density at radius 3 is 2.20 bits per heavy atom. The molecule has 0 aromatic heterocycles. The first-order valence-corrected chi connectivity index (χ1v) is 4.20. The fourth-order valence-corrected chi connectivity index (χ4v) is 0.895. The fraction of sp³-hybridized carbons (Fsp3) is 0.444. The van der Waals surface area contributed by atoms with Gasteiger partial charge in [0.15, 0.2) is 0 Å². The summed E-state index contributed by atoms with van der Waals surface area (Å²) in [6.45, 7) is 4.79. The number of hydrogen-bond donors (Lipinski definition) is 2. The first-order chi connectivity index (χ1) is 6.90. The van der Waals surface area contributed by atoms with E-state index >= 15 is 0 Å². The summed E-state index contributed by atoms with van der Waals surface area (Å²) in [5.74, 6) is -5.05. The Kier molecular flexibility index (Phi) is 5.08. The first kappa shape index (κ1) is 13.2. The average molecular weight is 216 g/mol. The highest BCUT2D eigenvalue weighted by atomic mass is 16.5. The monoisotopic (exact) mass is 216 g/mol. The zero-order chi connectivity index (χ0) is 12.0. The molecule has 0 saturated heterocycles. The van der Waals surface area contributed by atoms with Crippen molar-refractivity contribution in [1.82, 2.24) is 0 Å². The fourth-order valence-electron chi connectivity index (χ4n) is 0.895. The number of aliphatic carboxylic acids is 2.